The molecule has 0 aliphatic rings. The summed E-state index contributed by atoms with van der Waals surface area (Å²) in [6, 6.07) is 0. The van der Waals surface area contributed by atoms with Gasteiger partial charge in [0.1, 0.15) is 25.4 Å². The highest BCUT2D eigenvalue weighted by molar-refractivity contribution is 7.47. The first kappa shape index (κ1) is 94.4. The Bertz CT molecular complexity index is 2380. The van der Waals surface area contributed by atoms with Gasteiger partial charge in [0.25, 0.3) is 0 Å². The maximum Gasteiger partial charge on any atom is 0.472 e. The van der Waals surface area contributed by atoms with Crippen LogP contribution in [0, 0.1) is 0 Å². The SMILES string of the molecule is CC/C=C\C/C=C\C/C=C\C/C=C\C/C=C\C/C=C\CCCCCCCCCCCCCCC(=O)OCC(O)COP(=O)(O)OCC(O)COP(=O)(O)OCC(COC(=O)CCCCC/C=C\C/C=C\C/C=C\C/C=C\C/C=C\CC)OC(=O)CCCCCCC/C=C\CCCCCC. The third-order valence-electron chi connectivity index (χ3n) is 15.5. The molecule has 0 aliphatic carbocycles. The second-order valence-corrected chi connectivity index (χ2v) is 27.9. The number of phosphoric acid groups is 2. The first-order chi connectivity index (χ1) is 48.2. The van der Waals surface area contributed by atoms with Gasteiger partial charge in [-0.3, -0.25) is 32.5 Å². The van der Waals surface area contributed by atoms with Gasteiger partial charge in [-0.15, -0.1) is 0 Å². The van der Waals surface area contributed by atoms with Gasteiger partial charge >= 0.3 is 33.6 Å². The molecule has 0 aromatic carbocycles. The normalized spacial score (nSPS) is 14.9. The van der Waals surface area contributed by atoms with Crippen LogP contribution in [0.3, 0.4) is 0 Å². The zero-order valence-corrected chi connectivity index (χ0v) is 63.4. The molecule has 566 valence electrons. The lowest BCUT2D eigenvalue weighted by atomic mass is 10.0. The summed E-state index contributed by atoms with van der Waals surface area (Å²) in [5.41, 5.74) is 0. The van der Waals surface area contributed by atoms with Crippen molar-refractivity contribution in [3.05, 3.63) is 146 Å². The molecule has 5 atom stereocenters. The van der Waals surface area contributed by atoms with Crippen molar-refractivity contribution in [2.24, 2.45) is 0 Å². The Morgan fingerprint density at radius 1 is 0.293 bits per heavy atom. The van der Waals surface area contributed by atoms with E-state index in [1.165, 1.54) is 77.0 Å². The van der Waals surface area contributed by atoms with Gasteiger partial charge in [0.05, 0.1) is 26.4 Å². The minimum absolute atomic E-state index is 0.0839. The average molecular weight is 1430 g/mol. The van der Waals surface area contributed by atoms with E-state index < -0.39 is 91.5 Å². The van der Waals surface area contributed by atoms with Crippen LogP contribution in [0.1, 0.15) is 290 Å². The summed E-state index contributed by atoms with van der Waals surface area (Å²) in [4.78, 5) is 58.5. The van der Waals surface area contributed by atoms with E-state index >= 15 is 0 Å². The number of carbonyl (C=O) groups is 3. The molecule has 0 bridgehead atoms. The van der Waals surface area contributed by atoms with E-state index in [0.717, 1.165) is 154 Å². The Morgan fingerprint density at radius 2 is 0.535 bits per heavy atom. The maximum absolute atomic E-state index is 12.9. The Hall–Kier alpha value is -4.57. The summed E-state index contributed by atoms with van der Waals surface area (Å²) in [7, 11) is -9.80. The number of allylic oxidation sites excluding steroid dienone is 24. The molecule has 0 aromatic heterocycles. The number of esters is 3. The molecule has 16 nitrogen and oxygen atoms in total. The van der Waals surface area contributed by atoms with Gasteiger partial charge in [0.15, 0.2) is 6.10 Å². The van der Waals surface area contributed by atoms with Crippen LogP contribution in [0.2, 0.25) is 0 Å². The van der Waals surface area contributed by atoms with E-state index in [2.05, 4.69) is 167 Å². The van der Waals surface area contributed by atoms with Crippen LogP contribution >= 0.6 is 15.6 Å². The summed E-state index contributed by atoms with van der Waals surface area (Å²) >= 11 is 0. The fourth-order valence-corrected chi connectivity index (χ4v) is 11.4. The highest BCUT2D eigenvalue weighted by Crippen LogP contribution is 2.45. The monoisotopic (exact) mass is 1430 g/mol. The Kier molecular flexibility index (Phi) is 69.8. The summed E-state index contributed by atoms with van der Waals surface area (Å²) in [6.07, 6.45) is 89.1. The van der Waals surface area contributed by atoms with Crippen LogP contribution in [0.4, 0.5) is 0 Å². The van der Waals surface area contributed by atoms with Crippen LogP contribution in [0.5, 0.6) is 0 Å². The molecule has 0 amide bonds. The molecule has 99 heavy (non-hydrogen) atoms. The van der Waals surface area contributed by atoms with Crippen LogP contribution < -0.4 is 0 Å². The average Bonchev–Trinajstić information content (AvgIpc) is 1.02. The first-order valence-corrected chi connectivity index (χ1v) is 41.1. The van der Waals surface area contributed by atoms with E-state index in [-0.39, 0.29) is 19.3 Å². The number of aliphatic hydroxyl groups excluding tert-OH is 2. The van der Waals surface area contributed by atoms with E-state index in [0.29, 0.717) is 19.3 Å². The zero-order chi connectivity index (χ0) is 72.3. The van der Waals surface area contributed by atoms with E-state index in [4.69, 9.17) is 32.3 Å². The number of rotatable bonds is 71. The van der Waals surface area contributed by atoms with Gasteiger partial charge in [-0.1, -0.05) is 276 Å². The number of unbranched alkanes of at least 4 members (excludes halogenated alkanes) is 24. The topological polar surface area (TPSA) is 231 Å². The van der Waals surface area contributed by atoms with Crippen molar-refractivity contribution in [2.75, 3.05) is 39.6 Å². The minimum atomic E-state index is -4.94. The van der Waals surface area contributed by atoms with Crippen molar-refractivity contribution >= 4 is 33.6 Å². The Morgan fingerprint density at radius 3 is 0.869 bits per heavy atom. The molecule has 0 aliphatic heterocycles. The highest BCUT2D eigenvalue weighted by Gasteiger charge is 2.29. The molecule has 0 heterocycles. The third-order valence-corrected chi connectivity index (χ3v) is 17.4. The van der Waals surface area contributed by atoms with Gasteiger partial charge in [0.2, 0.25) is 0 Å². The van der Waals surface area contributed by atoms with Crippen molar-refractivity contribution in [3.63, 3.8) is 0 Å². The zero-order valence-electron chi connectivity index (χ0n) is 61.6. The number of carbonyl (C=O) groups excluding carboxylic acids is 3. The summed E-state index contributed by atoms with van der Waals surface area (Å²) < 4.78 is 61.0. The van der Waals surface area contributed by atoms with Crippen LogP contribution in [0.15, 0.2) is 146 Å². The predicted molar refractivity (Wildman–Crippen MR) is 408 cm³/mol. The molecule has 0 spiro atoms. The molecular weight excluding hydrogens is 1290 g/mol. The number of phosphoric ester groups is 2. The van der Waals surface area contributed by atoms with Gasteiger partial charge in [-0.05, 0) is 141 Å². The van der Waals surface area contributed by atoms with Crippen LogP contribution in [-0.4, -0.2) is 95.9 Å². The standard InChI is InChI=1S/C81H136O16P2/c1-4-7-10-13-16-19-22-25-27-29-31-32-33-34-35-36-37-38-39-40-41-42-44-46-47-50-52-55-58-61-64-67-79(84)91-70-76(82)71-93-98(87,88)94-72-77(83)73-95-99(89,90)96-75-78(97-81(86)69-66-63-60-57-54-49-24-21-18-15-12-9-6-3)74-92-80(85)68-65-62-59-56-53-51-48-45-43-30-28-26-23-20-17-14-11-8-5-2/h7-8,10-11,16-17,19-21,24-28,31-32,34-35,37-38,43,45,51,53,76-78,82-83H,4-6,9,12-15,18,22-23,29-30,33,36,39-42,44,46-50,52,54-75H2,1-3H3,(H,87,88)(H,89,90)/b10-7-,11-8-,19-16-,20-17-,24-21-,27-25-,28-26-,32-31-,35-34-,38-37-,45-43-,53-51-. The van der Waals surface area contributed by atoms with E-state index in [1.807, 2.05) is 0 Å². The molecule has 0 rings (SSSR count). The number of hydrogen-bond donors (Lipinski definition) is 4. The molecule has 5 unspecified atom stereocenters. The quantitative estimate of drug-likeness (QED) is 0.0146. The van der Waals surface area contributed by atoms with Crippen molar-refractivity contribution in [1.82, 2.24) is 0 Å². The lowest BCUT2D eigenvalue weighted by Crippen LogP contribution is -2.30. The minimum Gasteiger partial charge on any atom is -0.463 e. The third kappa shape index (κ3) is 74.4. The van der Waals surface area contributed by atoms with Crippen LogP contribution in [-0.2, 0) is 55.8 Å². The maximum atomic E-state index is 12.9. The van der Waals surface area contributed by atoms with Gasteiger partial charge in [-0.2, -0.15) is 0 Å². The summed E-state index contributed by atoms with van der Waals surface area (Å²) in [5, 5.41) is 20.6. The van der Waals surface area contributed by atoms with Crippen molar-refractivity contribution in [1.29, 1.82) is 0 Å². The Labute approximate surface area is 600 Å². The molecular formula is C81H136O16P2. The molecule has 4 N–H and O–H groups in total. The Balaban J connectivity index is 4.49. The smallest absolute Gasteiger partial charge is 0.463 e. The fraction of sp³-hybridized carbons (Fsp3) is 0.667. The second kappa shape index (κ2) is 73.2. The number of aliphatic hydroxyl groups is 2. The first-order valence-electron chi connectivity index (χ1n) is 38.1. The fourth-order valence-electron chi connectivity index (χ4n) is 9.77. The van der Waals surface area contributed by atoms with Gasteiger partial charge < -0.3 is 34.2 Å². The van der Waals surface area contributed by atoms with Crippen molar-refractivity contribution in [2.45, 2.75) is 309 Å². The number of ether oxygens (including phenoxy) is 3. The molecule has 0 aromatic rings. The predicted octanol–water partition coefficient (Wildman–Crippen LogP) is 22.1. The molecule has 0 saturated heterocycles. The molecule has 0 saturated carbocycles. The van der Waals surface area contributed by atoms with Crippen LogP contribution in [0.25, 0.3) is 0 Å². The largest absolute Gasteiger partial charge is 0.472 e. The van der Waals surface area contributed by atoms with Crippen molar-refractivity contribution in [3.8, 4) is 0 Å². The summed E-state index contributed by atoms with van der Waals surface area (Å²) in [6.45, 7) is 2.37. The molecule has 18 heteroatoms. The van der Waals surface area contributed by atoms with Gasteiger partial charge in [0, 0.05) is 19.3 Å². The molecule has 0 fully saturated rings. The lowest BCUT2D eigenvalue weighted by Gasteiger charge is -2.21. The van der Waals surface area contributed by atoms with E-state index in [1.54, 1.807) is 0 Å². The number of hydrogen-bond acceptors (Lipinski definition) is 14. The lowest BCUT2D eigenvalue weighted by molar-refractivity contribution is -0.161. The van der Waals surface area contributed by atoms with E-state index in [9.17, 15) is 43.5 Å². The second-order valence-electron chi connectivity index (χ2n) is 25.0. The highest BCUT2D eigenvalue weighted by atomic mass is 31.2. The van der Waals surface area contributed by atoms with Gasteiger partial charge in [-0.25, -0.2) is 9.13 Å². The molecule has 0 radical (unpaired) electrons. The summed E-state index contributed by atoms with van der Waals surface area (Å²) in [5.74, 6) is -1.63. The van der Waals surface area contributed by atoms with Crippen molar-refractivity contribution < 1.29 is 75.8 Å².